The Morgan fingerprint density at radius 3 is 2.60 bits per heavy atom. The zero-order valence-electron chi connectivity index (χ0n) is 13.7. The lowest BCUT2D eigenvalue weighted by molar-refractivity contribution is -0.130. The molecule has 2 atom stereocenters. The average Bonchev–Trinajstić information content (AvgIpc) is 2.67. The van der Waals surface area contributed by atoms with Gasteiger partial charge in [-0.05, 0) is 31.6 Å². The maximum absolute atomic E-state index is 12.5. The van der Waals surface area contributed by atoms with E-state index >= 15 is 0 Å². The SMILES string of the molecule is CCCOCCCN1C(=O)C(CC(C)C)NC1CCC. The minimum Gasteiger partial charge on any atom is -0.381 e. The van der Waals surface area contributed by atoms with Crippen LogP contribution in [-0.2, 0) is 9.53 Å². The standard InChI is InChI=1S/C16H32N2O2/c1-5-8-15-17-14(12-13(3)4)16(19)18(15)9-7-11-20-10-6-2/h13-15,17H,5-12H2,1-4H3. The summed E-state index contributed by atoms with van der Waals surface area (Å²) in [4.78, 5) is 14.5. The van der Waals surface area contributed by atoms with Crippen molar-refractivity contribution in [2.75, 3.05) is 19.8 Å². The lowest BCUT2D eigenvalue weighted by Crippen LogP contribution is -2.38. The highest BCUT2D eigenvalue weighted by Crippen LogP contribution is 2.20. The molecular formula is C16H32N2O2. The molecule has 1 amide bonds. The smallest absolute Gasteiger partial charge is 0.241 e. The van der Waals surface area contributed by atoms with Gasteiger partial charge in [0.15, 0.2) is 0 Å². The van der Waals surface area contributed by atoms with Crippen molar-refractivity contribution in [3.63, 3.8) is 0 Å². The van der Waals surface area contributed by atoms with Gasteiger partial charge in [-0.3, -0.25) is 10.1 Å². The van der Waals surface area contributed by atoms with E-state index < -0.39 is 0 Å². The topological polar surface area (TPSA) is 41.6 Å². The Hall–Kier alpha value is -0.610. The maximum atomic E-state index is 12.5. The minimum atomic E-state index is 0.0168. The number of hydrogen-bond donors (Lipinski definition) is 1. The fourth-order valence-electron chi connectivity index (χ4n) is 2.75. The number of nitrogens with one attached hydrogen (secondary N) is 1. The number of carbonyl (C=O) groups excluding carboxylic acids is 1. The third-order valence-corrected chi connectivity index (χ3v) is 3.66. The molecule has 118 valence electrons. The summed E-state index contributed by atoms with van der Waals surface area (Å²) in [6.07, 6.45) is 5.28. The van der Waals surface area contributed by atoms with E-state index in [4.69, 9.17) is 4.74 Å². The van der Waals surface area contributed by atoms with Crippen molar-refractivity contribution >= 4 is 5.91 Å². The summed E-state index contributed by atoms with van der Waals surface area (Å²) in [5.74, 6) is 0.833. The molecule has 0 aliphatic carbocycles. The molecule has 1 fully saturated rings. The molecule has 0 saturated carbocycles. The molecule has 1 N–H and O–H groups in total. The molecule has 1 rings (SSSR count). The van der Waals surface area contributed by atoms with Crippen LogP contribution in [-0.4, -0.2) is 42.8 Å². The van der Waals surface area contributed by atoms with Crippen LogP contribution in [0.2, 0.25) is 0 Å². The van der Waals surface area contributed by atoms with Gasteiger partial charge in [-0.2, -0.15) is 0 Å². The Morgan fingerprint density at radius 2 is 2.00 bits per heavy atom. The Labute approximate surface area is 124 Å². The molecule has 1 aliphatic rings. The molecule has 4 heteroatoms. The van der Waals surface area contributed by atoms with E-state index in [1.165, 1.54) is 0 Å². The highest BCUT2D eigenvalue weighted by Gasteiger charge is 2.37. The van der Waals surface area contributed by atoms with Gasteiger partial charge in [0.25, 0.3) is 0 Å². The third-order valence-electron chi connectivity index (χ3n) is 3.66. The Kier molecular flexibility index (Phi) is 8.15. The van der Waals surface area contributed by atoms with Crippen molar-refractivity contribution in [3.05, 3.63) is 0 Å². The zero-order chi connectivity index (χ0) is 15.0. The van der Waals surface area contributed by atoms with Crippen molar-refractivity contribution in [2.45, 2.75) is 72.0 Å². The molecule has 1 aliphatic heterocycles. The van der Waals surface area contributed by atoms with Crippen LogP contribution in [0.5, 0.6) is 0 Å². The summed E-state index contributed by atoms with van der Waals surface area (Å²) in [6, 6.07) is 0.0168. The normalized spacial score (nSPS) is 23.1. The predicted molar refractivity (Wildman–Crippen MR) is 82.5 cm³/mol. The van der Waals surface area contributed by atoms with Crippen LogP contribution in [0.4, 0.5) is 0 Å². The van der Waals surface area contributed by atoms with Crippen LogP contribution in [0.15, 0.2) is 0 Å². The number of ether oxygens (including phenoxy) is 1. The Bertz CT molecular complexity index is 282. The molecule has 0 aromatic rings. The van der Waals surface area contributed by atoms with Gasteiger partial charge in [-0.15, -0.1) is 0 Å². The molecule has 0 bridgehead atoms. The molecule has 0 aromatic carbocycles. The number of carbonyl (C=O) groups is 1. The van der Waals surface area contributed by atoms with E-state index in [1.54, 1.807) is 0 Å². The lowest BCUT2D eigenvalue weighted by atomic mass is 10.0. The van der Waals surface area contributed by atoms with Gasteiger partial charge in [0.05, 0.1) is 12.2 Å². The largest absolute Gasteiger partial charge is 0.381 e. The Morgan fingerprint density at radius 1 is 1.25 bits per heavy atom. The van der Waals surface area contributed by atoms with Gasteiger partial charge in [0.1, 0.15) is 0 Å². The monoisotopic (exact) mass is 284 g/mol. The first-order valence-electron chi connectivity index (χ1n) is 8.24. The van der Waals surface area contributed by atoms with Crippen LogP contribution in [0.25, 0.3) is 0 Å². The van der Waals surface area contributed by atoms with Crippen molar-refractivity contribution in [1.82, 2.24) is 10.2 Å². The summed E-state index contributed by atoms with van der Waals surface area (Å²) >= 11 is 0. The summed E-state index contributed by atoms with van der Waals surface area (Å²) in [7, 11) is 0. The third kappa shape index (κ3) is 5.41. The number of amides is 1. The van der Waals surface area contributed by atoms with Crippen molar-refractivity contribution in [2.24, 2.45) is 5.92 Å². The summed E-state index contributed by atoms with van der Waals surface area (Å²) < 4.78 is 5.51. The van der Waals surface area contributed by atoms with Gasteiger partial charge < -0.3 is 9.64 Å². The van der Waals surface area contributed by atoms with Gasteiger partial charge in [0.2, 0.25) is 5.91 Å². The molecule has 0 radical (unpaired) electrons. The number of nitrogens with zero attached hydrogens (tertiary/aromatic N) is 1. The van der Waals surface area contributed by atoms with Crippen LogP contribution < -0.4 is 5.32 Å². The van der Waals surface area contributed by atoms with Crippen molar-refractivity contribution in [1.29, 1.82) is 0 Å². The molecule has 0 aromatic heterocycles. The average molecular weight is 284 g/mol. The van der Waals surface area contributed by atoms with E-state index in [0.29, 0.717) is 5.92 Å². The maximum Gasteiger partial charge on any atom is 0.241 e. The van der Waals surface area contributed by atoms with Crippen LogP contribution in [0, 0.1) is 5.92 Å². The van der Waals surface area contributed by atoms with Gasteiger partial charge >= 0.3 is 0 Å². The summed E-state index contributed by atoms with van der Waals surface area (Å²) in [6.45, 7) is 11.0. The second kappa shape index (κ2) is 9.35. The Balaban J connectivity index is 2.45. The number of hydrogen-bond acceptors (Lipinski definition) is 3. The van der Waals surface area contributed by atoms with E-state index in [1.807, 2.05) is 4.90 Å². The molecule has 1 heterocycles. The molecule has 2 unspecified atom stereocenters. The molecule has 4 nitrogen and oxygen atoms in total. The van der Waals surface area contributed by atoms with E-state index in [2.05, 4.69) is 33.0 Å². The second-order valence-corrected chi connectivity index (χ2v) is 6.15. The fourth-order valence-corrected chi connectivity index (χ4v) is 2.75. The first-order valence-corrected chi connectivity index (χ1v) is 8.24. The molecule has 20 heavy (non-hydrogen) atoms. The van der Waals surface area contributed by atoms with Gasteiger partial charge in [-0.1, -0.05) is 34.1 Å². The van der Waals surface area contributed by atoms with Crippen LogP contribution in [0.3, 0.4) is 0 Å². The highest BCUT2D eigenvalue weighted by atomic mass is 16.5. The van der Waals surface area contributed by atoms with E-state index in [9.17, 15) is 4.79 Å². The van der Waals surface area contributed by atoms with Crippen molar-refractivity contribution in [3.8, 4) is 0 Å². The summed E-state index contributed by atoms with van der Waals surface area (Å²) in [5.41, 5.74) is 0. The first-order chi connectivity index (χ1) is 9.60. The zero-order valence-corrected chi connectivity index (χ0v) is 13.7. The number of rotatable bonds is 10. The molecular weight excluding hydrogens is 252 g/mol. The van der Waals surface area contributed by atoms with Crippen LogP contribution >= 0.6 is 0 Å². The second-order valence-electron chi connectivity index (χ2n) is 6.15. The minimum absolute atomic E-state index is 0.0168. The van der Waals surface area contributed by atoms with E-state index in [0.717, 1.165) is 51.9 Å². The molecule has 0 spiro atoms. The van der Waals surface area contributed by atoms with Crippen LogP contribution in [0.1, 0.15) is 59.8 Å². The van der Waals surface area contributed by atoms with Crippen molar-refractivity contribution < 1.29 is 9.53 Å². The quantitative estimate of drug-likeness (QED) is 0.627. The predicted octanol–water partition coefficient (Wildman–Crippen LogP) is 2.78. The molecule has 1 saturated heterocycles. The highest BCUT2D eigenvalue weighted by molar-refractivity contribution is 5.84. The fraction of sp³-hybridized carbons (Fsp3) is 0.938. The lowest BCUT2D eigenvalue weighted by Gasteiger charge is -2.23. The van der Waals surface area contributed by atoms with E-state index in [-0.39, 0.29) is 18.1 Å². The summed E-state index contributed by atoms with van der Waals surface area (Å²) in [5, 5.41) is 3.51. The van der Waals surface area contributed by atoms with Gasteiger partial charge in [-0.25, -0.2) is 0 Å². The first kappa shape index (κ1) is 17.4. The van der Waals surface area contributed by atoms with Gasteiger partial charge in [0, 0.05) is 19.8 Å².